The van der Waals surface area contributed by atoms with Gasteiger partial charge in [-0.05, 0) is 77.0 Å². The highest BCUT2D eigenvalue weighted by atomic mass is 16.6. The fourth-order valence-electron chi connectivity index (χ4n) is 6.38. The van der Waals surface area contributed by atoms with Gasteiger partial charge in [0.25, 0.3) is 0 Å². The molecule has 1 unspecified atom stereocenters. The fourth-order valence-corrected chi connectivity index (χ4v) is 6.38. The van der Waals surface area contributed by atoms with E-state index in [1.165, 1.54) is 38.5 Å². The molecule has 0 bridgehead atoms. The topological polar surface area (TPSA) is 78.9 Å². The lowest BCUT2D eigenvalue weighted by Crippen LogP contribution is -2.30. The van der Waals surface area contributed by atoms with Gasteiger partial charge in [-0.2, -0.15) is 0 Å². The lowest BCUT2D eigenvalue weighted by molar-refractivity contribution is -0.167. The van der Waals surface area contributed by atoms with Gasteiger partial charge in [0, 0.05) is 19.3 Å². The quantitative estimate of drug-likeness (QED) is 0.0262. The minimum atomic E-state index is -0.837. The van der Waals surface area contributed by atoms with Crippen LogP contribution in [0.1, 0.15) is 188 Å². The average molecular weight is 921 g/mol. The van der Waals surface area contributed by atoms with Crippen molar-refractivity contribution in [2.45, 2.75) is 194 Å². The second-order valence-corrected chi connectivity index (χ2v) is 16.6. The molecular weight excluding hydrogens is 829 g/mol. The first-order chi connectivity index (χ1) is 33.0. The van der Waals surface area contributed by atoms with Crippen LogP contribution in [0.15, 0.2) is 158 Å². The predicted molar refractivity (Wildman–Crippen MR) is 288 cm³/mol. The Labute approximate surface area is 409 Å². The molecule has 67 heavy (non-hydrogen) atoms. The van der Waals surface area contributed by atoms with Crippen molar-refractivity contribution in [3.05, 3.63) is 158 Å². The summed E-state index contributed by atoms with van der Waals surface area (Å²) in [5.41, 5.74) is 0. The summed E-state index contributed by atoms with van der Waals surface area (Å²) in [6.07, 6.45) is 77.9. The molecule has 1 atom stereocenters. The van der Waals surface area contributed by atoms with Crippen LogP contribution in [0.5, 0.6) is 0 Å². The maximum Gasteiger partial charge on any atom is 0.306 e. The van der Waals surface area contributed by atoms with Crippen LogP contribution in [0.4, 0.5) is 0 Å². The van der Waals surface area contributed by atoms with Gasteiger partial charge in [-0.3, -0.25) is 14.4 Å². The SMILES string of the molecule is CC/C=C/C=C/C=C/C=C/C=C/CCCC(=O)OCC(COC(=O)CCCCCCC/C=C/C=C/C=C/C=C/C=C/CCC)OC(=O)CCCCCCC/C=C/C=C/C=C/CCCCCCC. The van der Waals surface area contributed by atoms with Gasteiger partial charge in [-0.1, -0.05) is 249 Å². The maximum absolute atomic E-state index is 12.8. The van der Waals surface area contributed by atoms with Crippen LogP contribution in [0.25, 0.3) is 0 Å². The van der Waals surface area contributed by atoms with Gasteiger partial charge < -0.3 is 14.2 Å². The molecule has 0 rings (SSSR count). The van der Waals surface area contributed by atoms with Crippen LogP contribution in [-0.4, -0.2) is 37.2 Å². The van der Waals surface area contributed by atoms with E-state index < -0.39 is 6.10 Å². The van der Waals surface area contributed by atoms with Crippen LogP contribution >= 0.6 is 0 Å². The molecule has 0 aliphatic heterocycles. The van der Waals surface area contributed by atoms with Gasteiger partial charge in [0.05, 0.1) is 0 Å². The van der Waals surface area contributed by atoms with Crippen LogP contribution in [0, 0.1) is 0 Å². The van der Waals surface area contributed by atoms with Gasteiger partial charge in [0.1, 0.15) is 13.2 Å². The average Bonchev–Trinajstić information content (AvgIpc) is 3.33. The summed E-state index contributed by atoms with van der Waals surface area (Å²) in [6.45, 7) is 6.26. The number of allylic oxidation sites excluding steroid dienone is 26. The second kappa shape index (κ2) is 53.6. The molecule has 0 aromatic heterocycles. The molecule has 0 amide bonds. The second-order valence-electron chi connectivity index (χ2n) is 16.6. The van der Waals surface area contributed by atoms with E-state index in [0.29, 0.717) is 12.8 Å². The number of carbonyl (C=O) groups excluding carboxylic acids is 3. The molecule has 0 spiro atoms. The zero-order chi connectivity index (χ0) is 48.6. The van der Waals surface area contributed by atoms with Gasteiger partial charge in [-0.25, -0.2) is 0 Å². The summed E-state index contributed by atoms with van der Waals surface area (Å²) in [6, 6.07) is 0. The monoisotopic (exact) mass is 921 g/mol. The third-order valence-corrected chi connectivity index (χ3v) is 10.3. The van der Waals surface area contributed by atoms with Crippen molar-refractivity contribution in [2.24, 2.45) is 0 Å². The van der Waals surface area contributed by atoms with Gasteiger partial charge >= 0.3 is 17.9 Å². The van der Waals surface area contributed by atoms with Crippen molar-refractivity contribution in [2.75, 3.05) is 13.2 Å². The van der Waals surface area contributed by atoms with E-state index in [1.807, 2.05) is 91.1 Å². The third-order valence-electron chi connectivity index (χ3n) is 10.3. The Morgan fingerprint density at radius 2 is 0.627 bits per heavy atom. The van der Waals surface area contributed by atoms with Crippen LogP contribution in [-0.2, 0) is 28.6 Å². The van der Waals surface area contributed by atoms with E-state index in [1.54, 1.807) is 0 Å². The summed E-state index contributed by atoms with van der Waals surface area (Å²) in [7, 11) is 0. The number of esters is 3. The summed E-state index contributed by atoms with van der Waals surface area (Å²) >= 11 is 0. The molecule has 0 fully saturated rings. The Morgan fingerprint density at radius 3 is 1.03 bits per heavy atom. The Kier molecular flexibility index (Phi) is 49.7. The summed E-state index contributed by atoms with van der Waals surface area (Å²) in [5.74, 6) is -1.06. The molecule has 0 saturated heterocycles. The molecule has 0 aliphatic carbocycles. The number of hydrogen-bond donors (Lipinski definition) is 0. The number of rotatable bonds is 44. The molecule has 0 aromatic rings. The summed E-state index contributed by atoms with van der Waals surface area (Å²) in [5, 5.41) is 0. The van der Waals surface area contributed by atoms with Gasteiger partial charge in [0.15, 0.2) is 6.10 Å². The van der Waals surface area contributed by atoms with Crippen molar-refractivity contribution in [3.63, 3.8) is 0 Å². The summed E-state index contributed by atoms with van der Waals surface area (Å²) in [4.78, 5) is 38.0. The Hall–Kier alpha value is -4.97. The minimum absolute atomic E-state index is 0.131. The number of ether oxygens (including phenoxy) is 3. The van der Waals surface area contributed by atoms with E-state index in [0.717, 1.165) is 103 Å². The standard InChI is InChI=1S/C61H92O6/c1-4-7-10-13-16-19-22-25-27-29-31-33-36-39-42-45-48-51-54-60(63)66-57-58(56-65-59(62)53-50-47-44-41-38-35-24-21-18-15-12-9-6-3)67-61(64)55-52-49-46-43-40-37-34-32-30-28-26-23-20-17-14-11-8-5-2/h9-10,12-13,15-16,18-19,21-35,38,41,44,58H,4-8,11,14,17,20,36-37,39-40,42-43,45-57H2,1-3H3/b12-9+,13-10+,18-15+,19-16+,24-21+,25-22+,26-23+,29-27+,30-28+,33-31+,34-32+,38-35+,44-41+. The van der Waals surface area contributed by atoms with Crippen LogP contribution in [0.2, 0.25) is 0 Å². The van der Waals surface area contributed by atoms with E-state index in [2.05, 4.69) is 87.6 Å². The molecule has 0 heterocycles. The highest BCUT2D eigenvalue weighted by Gasteiger charge is 2.19. The number of unbranched alkanes of at least 4 members (excludes halogenated alkanes) is 17. The zero-order valence-corrected chi connectivity index (χ0v) is 42.3. The molecule has 0 aromatic carbocycles. The predicted octanol–water partition coefficient (Wildman–Crippen LogP) is 17.4. The highest BCUT2D eigenvalue weighted by molar-refractivity contribution is 5.71. The highest BCUT2D eigenvalue weighted by Crippen LogP contribution is 2.12. The summed E-state index contributed by atoms with van der Waals surface area (Å²) < 4.78 is 16.7. The van der Waals surface area contributed by atoms with Crippen molar-refractivity contribution in [1.82, 2.24) is 0 Å². The third kappa shape index (κ3) is 51.9. The lowest BCUT2D eigenvalue weighted by atomic mass is 10.1. The van der Waals surface area contributed by atoms with Gasteiger partial charge in [-0.15, -0.1) is 0 Å². The van der Waals surface area contributed by atoms with Crippen molar-refractivity contribution < 1.29 is 28.6 Å². The first-order valence-electron chi connectivity index (χ1n) is 26.2. The molecule has 0 radical (unpaired) electrons. The largest absolute Gasteiger partial charge is 0.462 e. The molecule has 0 saturated carbocycles. The molecular formula is C61H92O6. The fraction of sp³-hybridized carbons (Fsp3) is 0.525. The smallest absolute Gasteiger partial charge is 0.306 e. The Morgan fingerprint density at radius 1 is 0.313 bits per heavy atom. The molecule has 0 aliphatic rings. The first-order valence-corrected chi connectivity index (χ1v) is 26.2. The number of hydrogen-bond acceptors (Lipinski definition) is 6. The van der Waals surface area contributed by atoms with Crippen molar-refractivity contribution >= 4 is 17.9 Å². The van der Waals surface area contributed by atoms with Crippen LogP contribution in [0.3, 0.4) is 0 Å². The van der Waals surface area contributed by atoms with E-state index >= 15 is 0 Å². The molecule has 6 heteroatoms. The maximum atomic E-state index is 12.8. The molecule has 372 valence electrons. The minimum Gasteiger partial charge on any atom is -0.462 e. The van der Waals surface area contributed by atoms with E-state index in [4.69, 9.17) is 14.2 Å². The normalized spacial score (nSPS) is 13.4. The van der Waals surface area contributed by atoms with Crippen molar-refractivity contribution in [1.29, 1.82) is 0 Å². The van der Waals surface area contributed by atoms with E-state index in [9.17, 15) is 14.4 Å². The Balaban J connectivity index is 4.61. The van der Waals surface area contributed by atoms with Gasteiger partial charge in [0.2, 0.25) is 0 Å². The van der Waals surface area contributed by atoms with E-state index in [-0.39, 0.29) is 44.0 Å². The lowest BCUT2D eigenvalue weighted by Gasteiger charge is -2.18. The van der Waals surface area contributed by atoms with Crippen LogP contribution < -0.4 is 0 Å². The zero-order valence-electron chi connectivity index (χ0n) is 42.3. The first kappa shape index (κ1) is 62.0. The molecule has 6 nitrogen and oxygen atoms in total. The molecule has 0 N–H and O–H groups in total. The Bertz CT molecular complexity index is 1570. The van der Waals surface area contributed by atoms with Crippen molar-refractivity contribution in [3.8, 4) is 0 Å². The number of carbonyl (C=O) groups is 3.